The molecule has 0 heterocycles. The predicted octanol–water partition coefficient (Wildman–Crippen LogP) is 3.32. The van der Waals surface area contributed by atoms with Gasteiger partial charge in [0.2, 0.25) is 0 Å². The minimum absolute atomic E-state index is 0.0291. The monoisotopic (exact) mass is 210 g/mol. The van der Waals surface area contributed by atoms with Gasteiger partial charge in [0, 0.05) is 6.42 Å². The van der Waals surface area contributed by atoms with Gasteiger partial charge in [-0.15, -0.1) is 0 Å². The second-order valence-electron chi connectivity index (χ2n) is 4.47. The SMILES string of the molecule is CCCCC(=O)OCC1CC=CCC1C. The van der Waals surface area contributed by atoms with Crippen molar-refractivity contribution < 1.29 is 9.53 Å². The summed E-state index contributed by atoms with van der Waals surface area (Å²) >= 11 is 0. The Hall–Kier alpha value is -0.790. The minimum atomic E-state index is -0.0291. The van der Waals surface area contributed by atoms with Crippen LogP contribution in [-0.4, -0.2) is 12.6 Å². The molecule has 15 heavy (non-hydrogen) atoms. The van der Waals surface area contributed by atoms with E-state index in [4.69, 9.17) is 4.74 Å². The molecule has 0 saturated heterocycles. The van der Waals surface area contributed by atoms with Gasteiger partial charge in [0.15, 0.2) is 0 Å². The molecular weight excluding hydrogens is 188 g/mol. The first-order valence-corrected chi connectivity index (χ1v) is 6.04. The van der Waals surface area contributed by atoms with Crippen LogP contribution in [0.4, 0.5) is 0 Å². The number of ether oxygens (including phenoxy) is 1. The molecule has 0 amide bonds. The van der Waals surface area contributed by atoms with Crippen LogP contribution >= 0.6 is 0 Å². The molecule has 0 aromatic carbocycles. The zero-order valence-corrected chi connectivity index (χ0v) is 9.87. The molecule has 2 heteroatoms. The largest absolute Gasteiger partial charge is 0.465 e. The van der Waals surface area contributed by atoms with Crippen molar-refractivity contribution in [1.82, 2.24) is 0 Å². The molecule has 0 fully saturated rings. The lowest BCUT2D eigenvalue weighted by Gasteiger charge is -2.24. The maximum Gasteiger partial charge on any atom is 0.305 e. The van der Waals surface area contributed by atoms with Gasteiger partial charge in [-0.3, -0.25) is 4.79 Å². The van der Waals surface area contributed by atoms with E-state index < -0.39 is 0 Å². The molecule has 1 aliphatic carbocycles. The van der Waals surface area contributed by atoms with E-state index in [-0.39, 0.29) is 5.97 Å². The molecule has 0 aliphatic heterocycles. The zero-order chi connectivity index (χ0) is 11.1. The third-order valence-corrected chi connectivity index (χ3v) is 3.11. The summed E-state index contributed by atoms with van der Waals surface area (Å²) in [5, 5.41) is 0. The van der Waals surface area contributed by atoms with Crippen LogP contribution in [0.2, 0.25) is 0 Å². The normalized spacial score (nSPS) is 25.2. The van der Waals surface area contributed by atoms with Crippen LogP contribution in [0, 0.1) is 11.8 Å². The van der Waals surface area contributed by atoms with E-state index in [0.29, 0.717) is 24.9 Å². The number of esters is 1. The van der Waals surface area contributed by atoms with Crippen LogP contribution in [0.25, 0.3) is 0 Å². The topological polar surface area (TPSA) is 26.3 Å². The van der Waals surface area contributed by atoms with Crippen molar-refractivity contribution >= 4 is 5.97 Å². The highest BCUT2D eigenvalue weighted by Gasteiger charge is 2.19. The van der Waals surface area contributed by atoms with Crippen molar-refractivity contribution in [3.63, 3.8) is 0 Å². The van der Waals surface area contributed by atoms with Gasteiger partial charge in [0.05, 0.1) is 6.61 Å². The Bertz CT molecular complexity index is 221. The molecule has 0 bridgehead atoms. The summed E-state index contributed by atoms with van der Waals surface area (Å²) in [6.45, 7) is 4.92. The highest BCUT2D eigenvalue weighted by molar-refractivity contribution is 5.69. The van der Waals surface area contributed by atoms with E-state index >= 15 is 0 Å². The quantitative estimate of drug-likeness (QED) is 0.514. The van der Waals surface area contributed by atoms with Crippen LogP contribution in [-0.2, 0) is 9.53 Å². The Morgan fingerprint density at radius 3 is 2.80 bits per heavy atom. The molecule has 0 radical (unpaired) electrons. The Labute approximate surface area is 92.7 Å². The number of carbonyl (C=O) groups is 1. The third-order valence-electron chi connectivity index (χ3n) is 3.11. The fourth-order valence-electron chi connectivity index (χ4n) is 1.83. The first kappa shape index (κ1) is 12.3. The van der Waals surface area contributed by atoms with Crippen LogP contribution in [0.15, 0.2) is 12.2 Å². The molecule has 0 aromatic rings. The highest BCUT2D eigenvalue weighted by atomic mass is 16.5. The van der Waals surface area contributed by atoms with Gasteiger partial charge in [0.25, 0.3) is 0 Å². The first-order chi connectivity index (χ1) is 7.24. The van der Waals surface area contributed by atoms with Crippen LogP contribution in [0.3, 0.4) is 0 Å². The zero-order valence-electron chi connectivity index (χ0n) is 9.87. The third kappa shape index (κ3) is 4.50. The standard InChI is InChI=1S/C13H22O2/c1-3-4-9-13(14)15-10-12-8-6-5-7-11(12)2/h5-6,11-12H,3-4,7-10H2,1-2H3. The van der Waals surface area contributed by atoms with Crippen molar-refractivity contribution in [2.24, 2.45) is 11.8 Å². The lowest BCUT2D eigenvalue weighted by atomic mass is 9.85. The molecule has 0 saturated carbocycles. The highest BCUT2D eigenvalue weighted by Crippen LogP contribution is 2.25. The number of unbranched alkanes of at least 4 members (excludes halogenated alkanes) is 1. The average molecular weight is 210 g/mol. The van der Waals surface area contributed by atoms with E-state index in [1.807, 2.05) is 0 Å². The van der Waals surface area contributed by atoms with E-state index in [2.05, 4.69) is 26.0 Å². The lowest BCUT2D eigenvalue weighted by molar-refractivity contribution is -0.145. The Balaban J connectivity index is 2.18. The number of hydrogen-bond donors (Lipinski definition) is 0. The smallest absolute Gasteiger partial charge is 0.305 e. The summed E-state index contributed by atoms with van der Waals surface area (Å²) in [5.74, 6) is 1.15. The molecule has 86 valence electrons. The van der Waals surface area contributed by atoms with Gasteiger partial charge < -0.3 is 4.74 Å². The molecular formula is C13H22O2. The molecule has 0 aromatic heterocycles. The summed E-state index contributed by atoms with van der Waals surface area (Å²) in [5.41, 5.74) is 0. The van der Waals surface area contributed by atoms with E-state index in [1.54, 1.807) is 0 Å². The van der Waals surface area contributed by atoms with Crippen molar-refractivity contribution in [1.29, 1.82) is 0 Å². The molecule has 2 nitrogen and oxygen atoms in total. The average Bonchev–Trinajstić information content (AvgIpc) is 2.25. The molecule has 1 aliphatic rings. The Morgan fingerprint density at radius 1 is 1.40 bits per heavy atom. The van der Waals surface area contributed by atoms with Gasteiger partial charge in [-0.2, -0.15) is 0 Å². The maximum atomic E-state index is 11.3. The summed E-state index contributed by atoms with van der Waals surface area (Å²) in [7, 11) is 0. The fraction of sp³-hybridized carbons (Fsp3) is 0.769. The van der Waals surface area contributed by atoms with Crippen molar-refractivity contribution in [2.45, 2.75) is 46.0 Å². The van der Waals surface area contributed by atoms with E-state index in [1.165, 1.54) is 0 Å². The number of carbonyl (C=O) groups excluding carboxylic acids is 1. The van der Waals surface area contributed by atoms with Gasteiger partial charge in [0.1, 0.15) is 0 Å². The van der Waals surface area contributed by atoms with Crippen LogP contribution < -0.4 is 0 Å². The number of rotatable bonds is 5. The first-order valence-electron chi connectivity index (χ1n) is 6.04. The van der Waals surface area contributed by atoms with Gasteiger partial charge >= 0.3 is 5.97 Å². The number of hydrogen-bond acceptors (Lipinski definition) is 2. The van der Waals surface area contributed by atoms with Crippen LogP contribution in [0.5, 0.6) is 0 Å². The minimum Gasteiger partial charge on any atom is -0.465 e. The van der Waals surface area contributed by atoms with Crippen molar-refractivity contribution in [3.05, 3.63) is 12.2 Å². The Kier molecular flexibility index (Phi) is 5.44. The molecule has 1 rings (SSSR count). The van der Waals surface area contributed by atoms with Crippen LogP contribution in [0.1, 0.15) is 46.0 Å². The summed E-state index contributed by atoms with van der Waals surface area (Å²) in [6.07, 6.45) is 9.17. The Morgan fingerprint density at radius 2 is 2.13 bits per heavy atom. The second-order valence-corrected chi connectivity index (χ2v) is 4.47. The van der Waals surface area contributed by atoms with Gasteiger partial charge in [-0.05, 0) is 31.1 Å². The molecule has 2 unspecified atom stereocenters. The van der Waals surface area contributed by atoms with Gasteiger partial charge in [-0.1, -0.05) is 32.4 Å². The van der Waals surface area contributed by atoms with Gasteiger partial charge in [-0.25, -0.2) is 0 Å². The van der Waals surface area contributed by atoms with Crippen molar-refractivity contribution in [2.75, 3.05) is 6.61 Å². The molecule has 0 spiro atoms. The van der Waals surface area contributed by atoms with Crippen molar-refractivity contribution in [3.8, 4) is 0 Å². The predicted molar refractivity (Wildman–Crippen MR) is 61.5 cm³/mol. The number of allylic oxidation sites excluding steroid dienone is 2. The second kappa shape index (κ2) is 6.65. The summed E-state index contributed by atoms with van der Waals surface area (Å²) in [6, 6.07) is 0. The molecule has 2 atom stereocenters. The van der Waals surface area contributed by atoms with E-state index in [0.717, 1.165) is 25.7 Å². The summed E-state index contributed by atoms with van der Waals surface area (Å²) in [4.78, 5) is 11.3. The fourth-order valence-corrected chi connectivity index (χ4v) is 1.83. The molecule has 0 N–H and O–H groups in total. The summed E-state index contributed by atoms with van der Waals surface area (Å²) < 4.78 is 5.28. The van der Waals surface area contributed by atoms with E-state index in [9.17, 15) is 4.79 Å². The maximum absolute atomic E-state index is 11.3. The lowest BCUT2D eigenvalue weighted by Crippen LogP contribution is -2.21.